The molecule has 2 atom stereocenters. The van der Waals surface area contributed by atoms with E-state index in [0.29, 0.717) is 22.9 Å². The lowest BCUT2D eigenvalue weighted by molar-refractivity contribution is -0.385. The zero-order valence-electron chi connectivity index (χ0n) is 10.4. The Bertz CT molecular complexity index is 511. The van der Waals surface area contributed by atoms with E-state index in [1.807, 2.05) is 0 Å². The second-order valence-corrected chi connectivity index (χ2v) is 5.54. The minimum atomic E-state index is -0.478. The molecule has 2 aliphatic heterocycles. The molecule has 2 aliphatic rings. The SMILES string of the molecule is O=[N+]([O-])c1cnc(N2CCC3CCC(C2)N3)c(Cl)c1. The molecule has 102 valence electrons. The molecule has 1 N–H and O–H groups in total. The largest absolute Gasteiger partial charge is 0.354 e. The molecule has 0 aromatic carbocycles. The van der Waals surface area contributed by atoms with E-state index in [0.717, 1.165) is 19.5 Å². The maximum Gasteiger partial charge on any atom is 0.289 e. The summed E-state index contributed by atoms with van der Waals surface area (Å²) < 4.78 is 0. The molecule has 3 heterocycles. The number of nitrogens with zero attached hydrogens (tertiary/aromatic N) is 3. The number of fused-ring (bicyclic) bond motifs is 2. The summed E-state index contributed by atoms with van der Waals surface area (Å²) in [6, 6.07) is 2.44. The topological polar surface area (TPSA) is 71.3 Å². The van der Waals surface area contributed by atoms with Gasteiger partial charge in [-0.3, -0.25) is 10.1 Å². The number of nitro groups is 1. The third kappa shape index (κ3) is 2.50. The van der Waals surface area contributed by atoms with Crippen molar-refractivity contribution in [2.24, 2.45) is 0 Å². The fourth-order valence-electron chi connectivity index (χ4n) is 2.89. The van der Waals surface area contributed by atoms with Crippen molar-refractivity contribution >= 4 is 23.1 Å². The molecule has 2 bridgehead atoms. The molecular formula is C12H15ClN4O2. The second kappa shape index (κ2) is 4.94. The lowest BCUT2D eigenvalue weighted by Crippen LogP contribution is -2.35. The third-order valence-electron chi connectivity index (χ3n) is 3.84. The van der Waals surface area contributed by atoms with Gasteiger partial charge in [0.1, 0.15) is 12.0 Å². The molecule has 2 saturated heterocycles. The van der Waals surface area contributed by atoms with Gasteiger partial charge in [-0.2, -0.15) is 0 Å². The Labute approximate surface area is 115 Å². The van der Waals surface area contributed by atoms with Gasteiger partial charge < -0.3 is 10.2 Å². The Balaban J connectivity index is 1.83. The van der Waals surface area contributed by atoms with Crippen molar-refractivity contribution in [3.8, 4) is 0 Å². The summed E-state index contributed by atoms with van der Waals surface area (Å²) in [6.07, 6.45) is 4.75. The van der Waals surface area contributed by atoms with E-state index in [1.54, 1.807) is 0 Å². The molecule has 0 saturated carbocycles. The van der Waals surface area contributed by atoms with Gasteiger partial charge in [0.15, 0.2) is 0 Å². The molecule has 7 heteroatoms. The monoisotopic (exact) mass is 282 g/mol. The van der Waals surface area contributed by atoms with Gasteiger partial charge in [-0.25, -0.2) is 4.98 Å². The normalized spacial score (nSPS) is 26.3. The van der Waals surface area contributed by atoms with Crippen molar-refractivity contribution in [1.29, 1.82) is 0 Å². The molecule has 2 unspecified atom stereocenters. The third-order valence-corrected chi connectivity index (χ3v) is 4.12. The highest BCUT2D eigenvalue weighted by molar-refractivity contribution is 6.33. The van der Waals surface area contributed by atoms with Crippen molar-refractivity contribution in [2.45, 2.75) is 31.3 Å². The van der Waals surface area contributed by atoms with E-state index in [1.165, 1.54) is 25.1 Å². The van der Waals surface area contributed by atoms with Crippen LogP contribution in [0.3, 0.4) is 0 Å². The van der Waals surface area contributed by atoms with E-state index in [-0.39, 0.29) is 5.69 Å². The highest BCUT2D eigenvalue weighted by Crippen LogP contribution is 2.30. The van der Waals surface area contributed by atoms with Crippen LogP contribution in [0.1, 0.15) is 19.3 Å². The minimum Gasteiger partial charge on any atom is -0.354 e. The standard InChI is InChI=1S/C12H15ClN4O2/c13-11-5-10(17(18)19)6-14-12(11)16-4-3-8-1-2-9(7-16)15-8/h5-6,8-9,15H,1-4,7H2. The quantitative estimate of drug-likeness (QED) is 0.663. The van der Waals surface area contributed by atoms with Gasteiger partial charge in [0.05, 0.1) is 9.95 Å². The van der Waals surface area contributed by atoms with Gasteiger partial charge in [-0.1, -0.05) is 11.6 Å². The van der Waals surface area contributed by atoms with Crippen LogP contribution >= 0.6 is 11.6 Å². The Hall–Kier alpha value is -1.40. The number of halogens is 1. The highest BCUT2D eigenvalue weighted by Gasteiger charge is 2.30. The highest BCUT2D eigenvalue weighted by atomic mass is 35.5. The van der Waals surface area contributed by atoms with E-state index in [4.69, 9.17) is 11.6 Å². The molecule has 1 aromatic heterocycles. The maximum atomic E-state index is 10.7. The fraction of sp³-hybridized carbons (Fsp3) is 0.583. The van der Waals surface area contributed by atoms with Crippen molar-refractivity contribution in [2.75, 3.05) is 18.0 Å². The van der Waals surface area contributed by atoms with E-state index >= 15 is 0 Å². The fourth-order valence-corrected chi connectivity index (χ4v) is 3.17. The van der Waals surface area contributed by atoms with Crippen LogP contribution in [0.15, 0.2) is 12.3 Å². The summed E-state index contributed by atoms with van der Waals surface area (Å²) >= 11 is 6.13. The molecular weight excluding hydrogens is 268 g/mol. The van der Waals surface area contributed by atoms with Crippen LogP contribution in [-0.2, 0) is 0 Å². The second-order valence-electron chi connectivity index (χ2n) is 5.13. The average molecular weight is 283 g/mol. The Morgan fingerprint density at radius 2 is 2.21 bits per heavy atom. The van der Waals surface area contributed by atoms with Gasteiger partial charge in [-0.15, -0.1) is 0 Å². The van der Waals surface area contributed by atoms with Crippen LogP contribution in [0, 0.1) is 10.1 Å². The smallest absolute Gasteiger partial charge is 0.289 e. The molecule has 2 fully saturated rings. The van der Waals surface area contributed by atoms with E-state index in [2.05, 4.69) is 15.2 Å². The van der Waals surface area contributed by atoms with Gasteiger partial charge in [0, 0.05) is 31.2 Å². The molecule has 0 radical (unpaired) electrons. The lowest BCUT2D eigenvalue weighted by Gasteiger charge is -2.25. The van der Waals surface area contributed by atoms with E-state index < -0.39 is 4.92 Å². The first kappa shape index (κ1) is 12.6. The molecule has 1 aromatic rings. The summed E-state index contributed by atoms with van der Waals surface area (Å²) in [4.78, 5) is 16.5. The summed E-state index contributed by atoms with van der Waals surface area (Å²) in [5.74, 6) is 0.654. The van der Waals surface area contributed by atoms with Crippen LogP contribution in [-0.4, -0.2) is 35.1 Å². The Morgan fingerprint density at radius 1 is 1.42 bits per heavy atom. The lowest BCUT2D eigenvalue weighted by atomic mass is 10.1. The predicted molar refractivity (Wildman–Crippen MR) is 72.7 cm³/mol. The molecule has 6 nitrogen and oxygen atoms in total. The van der Waals surface area contributed by atoms with Crippen molar-refractivity contribution in [1.82, 2.24) is 10.3 Å². The average Bonchev–Trinajstić information content (AvgIpc) is 2.70. The van der Waals surface area contributed by atoms with Gasteiger partial charge >= 0.3 is 0 Å². The van der Waals surface area contributed by atoms with Crippen molar-refractivity contribution in [3.63, 3.8) is 0 Å². The van der Waals surface area contributed by atoms with Gasteiger partial charge in [-0.05, 0) is 19.3 Å². The van der Waals surface area contributed by atoms with Gasteiger partial charge in [0.2, 0.25) is 0 Å². The molecule has 0 aliphatic carbocycles. The molecule has 19 heavy (non-hydrogen) atoms. The van der Waals surface area contributed by atoms with Crippen molar-refractivity contribution in [3.05, 3.63) is 27.4 Å². The summed E-state index contributed by atoms with van der Waals surface area (Å²) in [5, 5.41) is 14.6. The zero-order valence-corrected chi connectivity index (χ0v) is 11.1. The van der Waals surface area contributed by atoms with Crippen molar-refractivity contribution < 1.29 is 4.92 Å². The molecule has 3 rings (SSSR count). The van der Waals surface area contributed by atoms with Gasteiger partial charge in [0.25, 0.3) is 5.69 Å². The summed E-state index contributed by atoms with van der Waals surface area (Å²) in [7, 11) is 0. The number of rotatable bonds is 2. The first-order valence-electron chi connectivity index (χ1n) is 6.44. The Kier molecular flexibility index (Phi) is 3.28. The molecule has 0 spiro atoms. The van der Waals surface area contributed by atoms with Crippen LogP contribution in [0.2, 0.25) is 5.02 Å². The van der Waals surface area contributed by atoms with Crippen LogP contribution in [0.25, 0.3) is 0 Å². The summed E-state index contributed by atoms with van der Waals surface area (Å²) in [6.45, 7) is 1.75. The maximum absolute atomic E-state index is 10.7. The first-order valence-corrected chi connectivity index (χ1v) is 6.82. The molecule has 0 amide bonds. The number of hydrogen-bond acceptors (Lipinski definition) is 5. The number of aromatic nitrogens is 1. The van der Waals surface area contributed by atoms with Crippen LogP contribution in [0.4, 0.5) is 11.5 Å². The number of nitrogens with one attached hydrogen (secondary N) is 1. The predicted octanol–water partition coefficient (Wildman–Crippen LogP) is 1.97. The van der Waals surface area contributed by atoms with Crippen LogP contribution < -0.4 is 10.2 Å². The minimum absolute atomic E-state index is 0.0665. The summed E-state index contributed by atoms with van der Waals surface area (Å²) in [5.41, 5.74) is -0.0665. The first-order chi connectivity index (χ1) is 9.13. The number of pyridine rings is 1. The van der Waals surface area contributed by atoms with Crippen LogP contribution in [0.5, 0.6) is 0 Å². The number of anilines is 1. The number of hydrogen-bond donors (Lipinski definition) is 1. The Morgan fingerprint density at radius 3 is 2.95 bits per heavy atom. The zero-order chi connectivity index (χ0) is 13.4. The van der Waals surface area contributed by atoms with E-state index in [9.17, 15) is 10.1 Å².